The molecule has 2 atom stereocenters. The molecular formula is C14H18N4O. The van der Waals surface area contributed by atoms with Crippen molar-refractivity contribution in [3.63, 3.8) is 0 Å². The number of carbonyl (C=O) groups is 1. The van der Waals surface area contributed by atoms with Crippen LogP contribution in [0.2, 0.25) is 0 Å². The van der Waals surface area contributed by atoms with Crippen molar-refractivity contribution in [3.05, 3.63) is 24.4 Å². The highest BCUT2D eigenvalue weighted by atomic mass is 16.2. The fourth-order valence-electron chi connectivity index (χ4n) is 2.55. The standard InChI is InChI=1S/C14H18N4O/c1-9-4-5-15-13(6-9)14(19)17-11-3-2-10-8-16-18-12(10)7-11/h2-3,7-9,13,15H,4-6H2,1H3,(H,16,18)(H,17,19). The lowest BCUT2D eigenvalue weighted by Crippen LogP contribution is -2.45. The van der Waals surface area contributed by atoms with Crippen LogP contribution in [0, 0.1) is 5.92 Å². The van der Waals surface area contributed by atoms with Crippen molar-refractivity contribution in [2.24, 2.45) is 5.92 Å². The molecule has 1 aromatic heterocycles. The van der Waals surface area contributed by atoms with Gasteiger partial charge in [0, 0.05) is 11.1 Å². The summed E-state index contributed by atoms with van der Waals surface area (Å²) in [6, 6.07) is 5.68. The first-order valence-electron chi connectivity index (χ1n) is 6.70. The van der Waals surface area contributed by atoms with Gasteiger partial charge in [0.25, 0.3) is 0 Å². The number of aromatic nitrogens is 2. The van der Waals surface area contributed by atoms with Gasteiger partial charge < -0.3 is 10.6 Å². The van der Waals surface area contributed by atoms with Crippen LogP contribution in [0.5, 0.6) is 0 Å². The Kier molecular flexibility index (Phi) is 3.21. The third kappa shape index (κ3) is 2.61. The number of benzene rings is 1. The number of nitrogens with one attached hydrogen (secondary N) is 3. The van der Waals surface area contributed by atoms with Gasteiger partial charge in [-0.15, -0.1) is 0 Å². The van der Waals surface area contributed by atoms with Crippen LogP contribution < -0.4 is 10.6 Å². The Morgan fingerprint density at radius 2 is 2.37 bits per heavy atom. The lowest BCUT2D eigenvalue weighted by atomic mass is 9.94. The Bertz CT molecular complexity index is 592. The summed E-state index contributed by atoms with van der Waals surface area (Å²) < 4.78 is 0. The molecule has 1 aliphatic heterocycles. The van der Waals surface area contributed by atoms with Gasteiger partial charge in [-0.3, -0.25) is 9.89 Å². The fraction of sp³-hybridized carbons (Fsp3) is 0.429. The number of nitrogens with zero attached hydrogens (tertiary/aromatic N) is 1. The number of carbonyl (C=O) groups excluding carboxylic acids is 1. The topological polar surface area (TPSA) is 69.8 Å². The van der Waals surface area contributed by atoms with E-state index in [-0.39, 0.29) is 11.9 Å². The van der Waals surface area contributed by atoms with Crippen LogP contribution >= 0.6 is 0 Å². The highest BCUT2D eigenvalue weighted by Crippen LogP contribution is 2.19. The molecule has 0 aliphatic carbocycles. The third-order valence-electron chi connectivity index (χ3n) is 3.69. The van der Waals surface area contributed by atoms with Crippen LogP contribution in [0.4, 0.5) is 5.69 Å². The zero-order valence-corrected chi connectivity index (χ0v) is 10.9. The third-order valence-corrected chi connectivity index (χ3v) is 3.69. The van der Waals surface area contributed by atoms with Crippen molar-refractivity contribution in [1.82, 2.24) is 15.5 Å². The molecule has 1 saturated heterocycles. The Morgan fingerprint density at radius 3 is 3.21 bits per heavy atom. The molecule has 0 radical (unpaired) electrons. The molecule has 19 heavy (non-hydrogen) atoms. The van der Waals surface area contributed by atoms with Gasteiger partial charge in [0.05, 0.1) is 17.8 Å². The molecule has 0 spiro atoms. The van der Waals surface area contributed by atoms with Crippen molar-refractivity contribution in [2.45, 2.75) is 25.8 Å². The van der Waals surface area contributed by atoms with Crippen LogP contribution in [0.3, 0.4) is 0 Å². The molecule has 5 nitrogen and oxygen atoms in total. The molecule has 2 aromatic rings. The summed E-state index contributed by atoms with van der Waals surface area (Å²) in [6.45, 7) is 3.11. The van der Waals surface area contributed by atoms with Crippen LogP contribution in [0.15, 0.2) is 24.4 Å². The van der Waals surface area contributed by atoms with Crippen molar-refractivity contribution >= 4 is 22.5 Å². The summed E-state index contributed by atoms with van der Waals surface area (Å²) in [6.07, 6.45) is 3.81. The van der Waals surface area contributed by atoms with Gasteiger partial charge >= 0.3 is 0 Å². The number of piperidine rings is 1. The van der Waals surface area contributed by atoms with Gasteiger partial charge in [0.15, 0.2) is 0 Å². The Morgan fingerprint density at radius 1 is 1.47 bits per heavy atom. The number of hydrogen-bond donors (Lipinski definition) is 3. The highest BCUT2D eigenvalue weighted by molar-refractivity contribution is 5.96. The summed E-state index contributed by atoms with van der Waals surface area (Å²) in [4.78, 5) is 12.2. The summed E-state index contributed by atoms with van der Waals surface area (Å²) in [5.74, 6) is 0.650. The largest absolute Gasteiger partial charge is 0.325 e. The minimum absolute atomic E-state index is 0.0467. The maximum atomic E-state index is 12.2. The van der Waals surface area contributed by atoms with E-state index in [0.717, 1.165) is 36.0 Å². The summed E-state index contributed by atoms with van der Waals surface area (Å²) in [5.41, 5.74) is 1.74. The Hall–Kier alpha value is -1.88. The molecule has 1 amide bonds. The number of H-pyrrole nitrogens is 1. The lowest BCUT2D eigenvalue weighted by Gasteiger charge is -2.27. The SMILES string of the molecule is CC1CCNC(C(=O)Nc2ccc3cn[nH]c3c2)C1. The summed E-state index contributed by atoms with van der Waals surface area (Å²) in [7, 11) is 0. The quantitative estimate of drug-likeness (QED) is 0.770. The summed E-state index contributed by atoms with van der Waals surface area (Å²) >= 11 is 0. The van der Waals surface area contributed by atoms with E-state index in [0.29, 0.717) is 5.92 Å². The van der Waals surface area contributed by atoms with Crippen LogP contribution in [0.1, 0.15) is 19.8 Å². The van der Waals surface area contributed by atoms with E-state index in [4.69, 9.17) is 0 Å². The first kappa shape index (κ1) is 12.2. The number of hydrogen-bond acceptors (Lipinski definition) is 3. The van der Waals surface area contributed by atoms with Crippen molar-refractivity contribution in [2.75, 3.05) is 11.9 Å². The second-order valence-electron chi connectivity index (χ2n) is 5.30. The molecule has 100 valence electrons. The smallest absolute Gasteiger partial charge is 0.241 e. The highest BCUT2D eigenvalue weighted by Gasteiger charge is 2.24. The molecular weight excluding hydrogens is 240 g/mol. The predicted octanol–water partition coefficient (Wildman–Crippen LogP) is 1.89. The Balaban J connectivity index is 1.71. The van der Waals surface area contributed by atoms with Crippen molar-refractivity contribution < 1.29 is 4.79 Å². The number of fused-ring (bicyclic) bond motifs is 1. The van der Waals surface area contributed by atoms with E-state index >= 15 is 0 Å². The number of rotatable bonds is 2. The minimum atomic E-state index is -0.0822. The number of amides is 1. The summed E-state index contributed by atoms with van der Waals surface area (Å²) in [5, 5.41) is 14.2. The van der Waals surface area contributed by atoms with E-state index in [1.807, 2.05) is 18.2 Å². The molecule has 2 unspecified atom stereocenters. The second-order valence-corrected chi connectivity index (χ2v) is 5.30. The van der Waals surface area contributed by atoms with Crippen LogP contribution in [0.25, 0.3) is 10.9 Å². The lowest BCUT2D eigenvalue weighted by molar-refractivity contribution is -0.119. The molecule has 0 saturated carbocycles. The van der Waals surface area contributed by atoms with E-state index in [2.05, 4.69) is 27.8 Å². The first-order valence-corrected chi connectivity index (χ1v) is 6.70. The van der Waals surface area contributed by atoms with E-state index < -0.39 is 0 Å². The molecule has 2 heterocycles. The molecule has 0 bridgehead atoms. The average Bonchev–Trinajstić information content (AvgIpc) is 2.86. The van der Waals surface area contributed by atoms with Crippen LogP contribution in [-0.4, -0.2) is 28.7 Å². The van der Waals surface area contributed by atoms with Gasteiger partial charge in [-0.25, -0.2) is 0 Å². The van der Waals surface area contributed by atoms with E-state index in [1.54, 1.807) is 6.20 Å². The monoisotopic (exact) mass is 258 g/mol. The maximum absolute atomic E-state index is 12.2. The van der Waals surface area contributed by atoms with Crippen LogP contribution in [-0.2, 0) is 4.79 Å². The second kappa shape index (κ2) is 5.01. The van der Waals surface area contributed by atoms with Gasteiger partial charge in [-0.2, -0.15) is 5.10 Å². The minimum Gasteiger partial charge on any atom is -0.325 e. The molecule has 1 aromatic carbocycles. The first-order chi connectivity index (χ1) is 9.22. The zero-order valence-electron chi connectivity index (χ0n) is 10.9. The molecule has 1 aliphatic rings. The van der Waals surface area contributed by atoms with Gasteiger partial charge in [-0.1, -0.05) is 6.92 Å². The Labute approximate surface area is 111 Å². The molecule has 5 heteroatoms. The van der Waals surface area contributed by atoms with Crippen molar-refractivity contribution in [1.29, 1.82) is 0 Å². The normalized spacial score (nSPS) is 23.4. The molecule has 3 rings (SSSR count). The number of anilines is 1. The van der Waals surface area contributed by atoms with E-state index in [1.165, 1.54) is 0 Å². The van der Waals surface area contributed by atoms with E-state index in [9.17, 15) is 4.79 Å². The molecule has 3 N–H and O–H groups in total. The predicted molar refractivity (Wildman–Crippen MR) is 74.9 cm³/mol. The average molecular weight is 258 g/mol. The van der Waals surface area contributed by atoms with Crippen molar-refractivity contribution in [3.8, 4) is 0 Å². The number of aromatic amines is 1. The molecule has 1 fully saturated rings. The van der Waals surface area contributed by atoms with Gasteiger partial charge in [0.1, 0.15) is 0 Å². The van der Waals surface area contributed by atoms with Gasteiger partial charge in [0.2, 0.25) is 5.91 Å². The maximum Gasteiger partial charge on any atom is 0.241 e. The fourth-order valence-corrected chi connectivity index (χ4v) is 2.55. The zero-order chi connectivity index (χ0) is 13.2. The van der Waals surface area contributed by atoms with Gasteiger partial charge in [-0.05, 0) is 43.5 Å².